The van der Waals surface area contributed by atoms with Gasteiger partial charge in [0.2, 0.25) is 0 Å². The first-order chi connectivity index (χ1) is 13.5. The second-order valence-corrected chi connectivity index (χ2v) is 7.63. The average Bonchev–Trinajstić information content (AvgIpc) is 3.17. The number of rotatable bonds is 4. The zero-order valence-corrected chi connectivity index (χ0v) is 16.3. The van der Waals surface area contributed by atoms with Crippen molar-refractivity contribution in [3.63, 3.8) is 0 Å². The average molecular weight is 391 g/mol. The van der Waals surface area contributed by atoms with E-state index in [1.54, 1.807) is 42.3 Å². The normalized spacial score (nSPS) is 11.0. The van der Waals surface area contributed by atoms with Crippen LogP contribution in [0.3, 0.4) is 0 Å². The molecule has 0 atom stereocenters. The first-order valence-electron chi connectivity index (χ1n) is 8.85. The number of benzene rings is 2. The predicted molar refractivity (Wildman–Crippen MR) is 110 cm³/mol. The van der Waals surface area contributed by atoms with E-state index < -0.39 is 0 Å². The molecule has 0 spiro atoms. The number of halogens is 1. The lowest BCUT2D eigenvalue weighted by Gasteiger charge is -2.16. The molecule has 0 radical (unpaired) electrons. The molecule has 28 heavy (non-hydrogen) atoms. The molecule has 0 aliphatic rings. The van der Waals surface area contributed by atoms with Crippen LogP contribution in [0, 0.1) is 12.7 Å². The Balaban J connectivity index is 1.55. The van der Waals surface area contributed by atoms with Gasteiger partial charge in [0, 0.05) is 28.6 Å². The number of para-hydroxylation sites is 1. The highest BCUT2D eigenvalue weighted by Gasteiger charge is 2.17. The molecule has 0 bridgehead atoms. The number of aryl methyl sites for hydroxylation is 1. The van der Waals surface area contributed by atoms with Crippen LogP contribution in [0.15, 0.2) is 60.7 Å². The number of amides is 1. The number of carbonyl (C=O) groups is 1. The highest BCUT2D eigenvalue weighted by atomic mass is 32.1. The molecule has 0 aliphatic carbocycles. The van der Waals surface area contributed by atoms with E-state index in [0.29, 0.717) is 22.8 Å². The van der Waals surface area contributed by atoms with Gasteiger partial charge in [0.1, 0.15) is 11.6 Å². The summed E-state index contributed by atoms with van der Waals surface area (Å²) in [5.74, 6) is 0.164. The van der Waals surface area contributed by atoms with Crippen LogP contribution in [0.25, 0.3) is 21.3 Å². The number of hydrogen-bond acceptors (Lipinski definition) is 4. The SMILES string of the molecule is Cc1nc(CN(C)C(=O)c2ccc(-c3ccccc3F)s2)nc2ccccc12. The van der Waals surface area contributed by atoms with Crippen molar-refractivity contribution in [3.8, 4) is 10.4 Å². The Bertz CT molecular complexity index is 1170. The molecule has 0 aliphatic heterocycles. The zero-order chi connectivity index (χ0) is 19.7. The second-order valence-electron chi connectivity index (χ2n) is 6.55. The summed E-state index contributed by atoms with van der Waals surface area (Å²) in [6.45, 7) is 2.24. The lowest BCUT2D eigenvalue weighted by atomic mass is 10.2. The highest BCUT2D eigenvalue weighted by molar-refractivity contribution is 7.17. The molecule has 0 unspecified atom stereocenters. The predicted octanol–water partition coefficient (Wildman–Crippen LogP) is 5.08. The number of nitrogens with zero attached hydrogens (tertiary/aromatic N) is 3. The number of fused-ring (bicyclic) bond motifs is 1. The van der Waals surface area contributed by atoms with Crippen molar-refractivity contribution >= 4 is 28.1 Å². The largest absolute Gasteiger partial charge is 0.333 e. The molecule has 6 heteroatoms. The molecule has 4 nitrogen and oxygen atoms in total. The topological polar surface area (TPSA) is 46.1 Å². The highest BCUT2D eigenvalue weighted by Crippen LogP contribution is 2.30. The van der Waals surface area contributed by atoms with Gasteiger partial charge in [0.15, 0.2) is 0 Å². The number of thiophene rings is 1. The van der Waals surface area contributed by atoms with Crippen molar-refractivity contribution in [1.29, 1.82) is 0 Å². The Labute approximate surface area is 166 Å². The summed E-state index contributed by atoms with van der Waals surface area (Å²) in [5, 5.41) is 1.01. The van der Waals surface area contributed by atoms with Gasteiger partial charge in [0.05, 0.1) is 16.9 Å². The van der Waals surface area contributed by atoms with Gasteiger partial charge in [-0.1, -0.05) is 36.4 Å². The fourth-order valence-corrected chi connectivity index (χ4v) is 4.12. The van der Waals surface area contributed by atoms with E-state index in [2.05, 4.69) is 9.97 Å². The number of aromatic nitrogens is 2. The Morgan fingerprint density at radius 3 is 2.61 bits per heavy atom. The van der Waals surface area contributed by atoms with Gasteiger partial charge in [-0.3, -0.25) is 4.79 Å². The molecule has 2 heterocycles. The van der Waals surface area contributed by atoms with Gasteiger partial charge in [-0.25, -0.2) is 14.4 Å². The first kappa shape index (κ1) is 18.3. The van der Waals surface area contributed by atoms with Crippen LogP contribution in [0.4, 0.5) is 4.39 Å². The number of carbonyl (C=O) groups excluding carboxylic acids is 1. The van der Waals surface area contributed by atoms with E-state index in [1.807, 2.05) is 31.2 Å². The van der Waals surface area contributed by atoms with Crippen molar-refractivity contribution < 1.29 is 9.18 Å². The lowest BCUT2D eigenvalue weighted by molar-refractivity contribution is 0.0786. The van der Waals surface area contributed by atoms with Crippen LogP contribution in [-0.2, 0) is 6.54 Å². The van der Waals surface area contributed by atoms with Gasteiger partial charge in [0.25, 0.3) is 5.91 Å². The van der Waals surface area contributed by atoms with Gasteiger partial charge in [-0.15, -0.1) is 11.3 Å². The maximum absolute atomic E-state index is 14.0. The van der Waals surface area contributed by atoms with Gasteiger partial charge >= 0.3 is 0 Å². The molecule has 1 amide bonds. The molecule has 4 rings (SSSR count). The van der Waals surface area contributed by atoms with Crippen molar-refractivity contribution in [2.24, 2.45) is 0 Å². The summed E-state index contributed by atoms with van der Waals surface area (Å²) in [6, 6.07) is 17.9. The maximum atomic E-state index is 14.0. The quantitative estimate of drug-likeness (QED) is 0.487. The summed E-state index contributed by atoms with van der Waals surface area (Å²) < 4.78 is 14.0. The third kappa shape index (κ3) is 3.51. The first-order valence-corrected chi connectivity index (χ1v) is 9.67. The van der Waals surface area contributed by atoms with E-state index in [9.17, 15) is 9.18 Å². The second kappa shape index (κ2) is 7.48. The van der Waals surface area contributed by atoms with Crippen molar-refractivity contribution in [2.45, 2.75) is 13.5 Å². The molecule has 2 aromatic carbocycles. The summed E-state index contributed by atoms with van der Waals surface area (Å²) in [7, 11) is 1.72. The molecule has 4 aromatic rings. The minimum absolute atomic E-state index is 0.137. The van der Waals surface area contributed by atoms with Crippen molar-refractivity contribution in [2.75, 3.05) is 7.05 Å². The van der Waals surface area contributed by atoms with Crippen LogP contribution >= 0.6 is 11.3 Å². The molecule has 0 N–H and O–H groups in total. The molecule has 0 saturated heterocycles. The smallest absolute Gasteiger partial charge is 0.264 e. The Hall–Kier alpha value is -3.12. The lowest BCUT2D eigenvalue weighted by Crippen LogP contribution is -2.26. The minimum Gasteiger partial charge on any atom is -0.333 e. The monoisotopic (exact) mass is 391 g/mol. The van der Waals surface area contributed by atoms with E-state index in [1.165, 1.54) is 17.4 Å². The van der Waals surface area contributed by atoms with Crippen LogP contribution in [0.1, 0.15) is 21.2 Å². The minimum atomic E-state index is -0.295. The van der Waals surface area contributed by atoms with E-state index in [-0.39, 0.29) is 11.7 Å². The Morgan fingerprint density at radius 1 is 1.04 bits per heavy atom. The maximum Gasteiger partial charge on any atom is 0.264 e. The van der Waals surface area contributed by atoms with Crippen molar-refractivity contribution in [1.82, 2.24) is 14.9 Å². The molecule has 0 fully saturated rings. The van der Waals surface area contributed by atoms with Crippen LogP contribution in [0.2, 0.25) is 0 Å². The third-order valence-electron chi connectivity index (χ3n) is 4.52. The molecular formula is C22H18FN3OS. The molecule has 2 aromatic heterocycles. The summed E-state index contributed by atoms with van der Waals surface area (Å²) >= 11 is 1.28. The third-order valence-corrected chi connectivity index (χ3v) is 5.63. The van der Waals surface area contributed by atoms with Crippen LogP contribution in [0.5, 0.6) is 0 Å². The van der Waals surface area contributed by atoms with E-state index in [0.717, 1.165) is 21.5 Å². The van der Waals surface area contributed by atoms with Gasteiger partial charge < -0.3 is 4.90 Å². The van der Waals surface area contributed by atoms with Crippen LogP contribution < -0.4 is 0 Å². The summed E-state index contributed by atoms with van der Waals surface area (Å²) in [4.78, 5) is 24.8. The van der Waals surface area contributed by atoms with E-state index in [4.69, 9.17) is 0 Å². The molecule has 0 saturated carbocycles. The molecular weight excluding hydrogens is 373 g/mol. The Morgan fingerprint density at radius 2 is 1.79 bits per heavy atom. The summed E-state index contributed by atoms with van der Waals surface area (Å²) in [5.41, 5.74) is 2.26. The number of hydrogen-bond donors (Lipinski definition) is 0. The Kier molecular flexibility index (Phi) is 4.88. The fourth-order valence-electron chi connectivity index (χ4n) is 3.10. The van der Waals surface area contributed by atoms with Crippen LogP contribution in [-0.4, -0.2) is 27.8 Å². The van der Waals surface area contributed by atoms with E-state index >= 15 is 0 Å². The van der Waals surface area contributed by atoms with Crippen molar-refractivity contribution in [3.05, 3.63) is 82.9 Å². The standard InChI is InChI=1S/C22H18FN3OS/c1-14-15-7-4-6-10-18(15)25-21(24-14)13-26(2)22(27)20-12-11-19(28-20)16-8-3-5-9-17(16)23/h3-12H,13H2,1-2H3. The fraction of sp³-hybridized carbons (Fsp3) is 0.136. The zero-order valence-electron chi connectivity index (χ0n) is 15.5. The van der Waals surface area contributed by atoms with Gasteiger partial charge in [-0.05, 0) is 31.2 Å². The van der Waals surface area contributed by atoms with Gasteiger partial charge in [-0.2, -0.15) is 0 Å². The summed E-state index contributed by atoms with van der Waals surface area (Å²) in [6.07, 6.45) is 0. The molecule has 140 valence electrons.